The van der Waals surface area contributed by atoms with E-state index in [0.717, 1.165) is 22.4 Å². The van der Waals surface area contributed by atoms with Gasteiger partial charge in [-0.3, -0.25) is 4.79 Å². The van der Waals surface area contributed by atoms with Crippen molar-refractivity contribution in [2.24, 2.45) is 0 Å². The summed E-state index contributed by atoms with van der Waals surface area (Å²) in [6.07, 6.45) is 0. The quantitative estimate of drug-likeness (QED) is 0.888. The Bertz CT molecular complexity index is 619. The summed E-state index contributed by atoms with van der Waals surface area (Å²) < 4.78 is 13.0. The third kappa shape index (κ3) is 3.23. The van der Waals surface area contributed by atoms with Gasteiger partial charge in [0.05, 0.1) is 0 Å². The van der Waals surface area contributed by atoms with Gasteiger partial charge in [-0.15, -0.1) is 0 Å². The van der Waals surface area contributed by atoms with E-state index in [4.69, 9.17) is 0 Å². The maximum atomic E-state index is 13.0. The Morgan fingerprint density at radius 2 is 1.80 bits per heavy atom. The number of benzene rings is 2. The number of hydrogen-bond acceptors (Lipinski definition) is 1. The molecule has 1 unspecified atom stereocenters. The fourth-order valence-corrected chi connectivity index (χ4v) is 2.28. The predicted molar refractivity (Wildman–Crippen MR) is 79.4 cm³/mol. The van der Waals surface area contributed by atoms with Crippen LogP contribution < -0.4 is 5.32 Å². The van der Waals surface area contributed by atoms with Crippen molar-refractivity contribution < 1.29 is 9.18 Å². The van der Waals surface area contributed by atoms with Crippen LogP contribution in [0.2, 0.25) is 0 Å². The minimum Gasteiger partial charge on any atom is -0.326 e. The Labute approximate surface area is 118 Å². The predicted octanol–water partition coefficient (Wildman–Crippen LogP) is 4.24. The molecule has 3 heteroatoms. The summed E-state index contributed by atoms with van der Waals surface area (Å²) in [5, 5.41) is 2.86. The SMILES string of the molecule is CC(=O)Nc1cc(C)ccc1C(C)c1ccc(F)cc1. The summed E-state index contributed by atoms with van der Waals surface area (Å²) in [6, 6.07) is 12.4. The zero-order chi connectivity index (χ0) is 14.7. The summed E-state index contributed by atoms with van der Waals surface area (Å²) in [4.78, 5) is 11.3. The molecule has 0 fully saturated rings. The molecule has 2 aromatic carbocycles. The van der Waals surface area contributed by atoms with Gasteiger partial charge in [-0.25, -0.2) is 4.39 Å². The number of rotatable bonds is 3. The van der Waals surface area contributed by atoms with Gasteiger partial charge in [0.25, 0.3) is 0 Å². The van der Waals surface area contributed by atoms with Crippen LogP contribution in [0.3, 0.4) is 0 Å². The van der Waals surface area contributed by atoms with Crippen molar-refractivity contribution in [3.8, 4) is 0 Å². The molecule has 2 aromatic rings. The number of hydrogen-bond donors (Lipinski definition) is 1. The number of carbonyl (C=O) groups is 1. The highest BCUT2D eigenvalue weighted by atomic mass is 19.1. The topological polar surface area (TPSA) is 29.1 Å². The second-order valence-electron chi connectivity index (χ2n) is 5.05. The Morgan fingerprint density at radius 1 is 1.15 bits per heavy atom. The molecule has 1 N–H and O–H groups in total. The first-order valence-electron chi connectivity index (χ1n) is 6.61. The largest absolute Gasteiger partial charge is 0.326 e. The molecule has 2 rings (SSSR count). The normalized spacial score (nSPS) is 12.0. The molecule has 0 aliphatic carbocycles. The monoisotopic (exact) mass is 271 g/mol. The van der Waals surface area contributed by atoms with Gasteiger partial charge in [0.2, 0.25) is 5.91 Å². The van der Waals surface area contributed by atoms with Gasteiger partial charge in [0.1, 0.15) is 5.82 Å². The van der Waals surface area contributed by atoms with Crippen molar-refractivity contribution in [3.63, 3.8) is 0 Å². The minimum absolute atomic E-state index is 0.0815. The van der Waals surface area contributed by atoms with Gasteiger partial charge in [0.15, 0.2) is 0 Å². The highest BCUT2D eigenvalue weighted by Gasteiger charge is 2.14. The fraction of sp³-hybridized carbons (Fsp3) is 0.235. The van der Waals surface area contributed by atoms with E-state index in [1.54, 1.807) is 12.1 Å². The van der Waals surface area contributed by atoms with E-state index in [0.29, 0.717) is 0 Å². The Kier molecular flexibility index (Phi) is 4.18. The summed E-state index contributed by atoms with van der Waals surface area (Å²) in [5.41, 5.74) is 3.94. The molecule has 0 saturated heterocycles. The smallest absolute Gasteiger partial charge is 0.221 e. The first-order valence-corrected chi connectivity index (χ1v) is 6.61. The van der Waals surface area contributed by atoms with E-state index in [2.05, 4.69) is 5.32 Å². The number of amides is 1. The van der Waals surface area contributed by atoms with E-state index in [9.17, 15) is 9.18 Å². The van der Waals surface area contributed by atoms with Gasteiger partial charge in [0, 0.05) is 18.5 Å². The molecular weight excluding hydrogens is 253 g/mol. The average molecular weight is 271 g/mol. The van der Waals surface area contributed by atoms with Gasteiger partial charge < -0.3 is 5.32 Å². The van der Waals surface area contributed by atoms with Crippen molar-refractivity contribution in [2.45, 2.75) is 26.7 Å². The molecule has 0 heterocycles. The molecule has 0 aliphatic rings. The van der Waals surface area contributed by atoms with Crippen LogP contribution >= 0.6 is 0 Å². The van der Waals surface area contributed by atoms with Crippen LogP contribution in [0.1, 0.15) is 36.5 Å². The molecule has 0 aliphatic heterocycles. The van der Waals surface area contributed by atoms with Crippen LogP contribution in [0.25, 0.3) is 0 Å². The molecule has 0 bridgehead atoms. The molecule has 20 heavy (non-hydrogen) atoms. The van der Waals surface area contributed by atoms with E-state index in [-0.39, 0.29) is 17.6 Å². The Balaban J connectivity index is 2.40. The molecule has 1 amide bonds. The van der Waals surface area contributed by atoms with Gasteiger partial charge in [-0.1, -0.05) is 31.2 Å². The van der Waals surface area contributed by atoms with Crippen LogP contribution in [-0.2, 0) is 4.79 Å². The van der Waals surface area contributed by atoms with Crippen molar-refractivity contribution in [1.82, 2.24) is 0 Å². The molecular formula is C17H18FNO. The second-order valence-corrected chi connectivity index (χ2v) is 5.05. The first kappa shape index (κ1) is 14.3. The van der Waals surface area contributed by atoms with Gasteiger partial charge in [-0.2, -0.15) is 0 Å². The minimum atomic E-state index is -0.244. The highest BCUT2D eigenvalue weighted by molar-refractivity contribution is 5.89. The lowest BCUT2D eigenvalue weighted by atomic mass is 9.91. The number of anilines is 1. The van der Waals surface area contributed by atoms with E-state index in [1.165, 1.54) is 19.1 Å². The highest BCUT2D eigenvalue weighted by Crippen LogP contribution is 2.31. The molecule has 0 saturated carbocycles. The van der Waals surface area contributed by atoms with E-state index >= 15 is 0 Å². The molecule has 1 atom stereocenters. The van der Waals surface area contributed by atoms with Crippen molar-refractivity contribution in [2.75, 3.05) is 5.32 Å². The number of aryl methyl sites for hydroxylation is 1. The van der Waals surface area contributed by atoms with Crippen LogP contribution in [0.15, 0.2) is 42.5 Å². The lowest BCUT2D eigenvalue weighted by Crippen LogP contribution is -2.10. The zero-order valence-corrected chi connectivity index (χ0v) is 11.9. The first-order chi connectivity index (χ1) is 9.47. The summed E-state index contributed by atoms with van der Waals surface area (Å²) >= 11 is 0. The molecule has 2 nitrogen and oxygen atoms in total. The third-order valence-corrected chi connectivity index (χ3v) is 3.36. The Hall–Kier alpha value is -2.16. The molecule has 0 radical (unpaired) electrons. The van der Waals surface area contributed by atoms with Crippen molar-refractivity contribution in [1.29, 1.82) is 0 Å². The van der Waals surface area contributed by atoms with Gasteiger partial charge >= 0.3 is 0 Å². The number of carbonyl (C=O) groups excluding carboxylic acids is 1. The van der Waals surface area contributed by atoms with Crippen molar-refractivity contribution in [3.05, 3.63) is 65.0 Å². The number of halogens is 1. The van der Waals surface area contributed by atoms with Crippen LogP contribution in [-0.4, -0.2) is 5.91 Å². The molecule has 0 spiro atoms. The average Bonchev–Trinajstić information content (AvgIpc) is 2.38. The summed E-state index contributed by atoms with van der Waals surface area (Å²) in [7, 11) is 0. The lowest BCUT2D eigenvalue weighted by molar-refractivity contribution is -0.114. The van der Waals surface area contributed by atoms with Crippen LogP contribution in [0.4, 0.5) is 10.1 Å². The van der Waals surface area contributed by atoms with Crippen LogP contribution in [0.5, 0.6) is 0 Å². The maximum absolute atomic E-state index is 13.0. The van der Waals surface area contributed by atoms with E-state index in [1.807, 2.05) is 32.0 Å². The zero-order valence-electron chi connectivity index (χ0n) is 11.9. The molecule has 0 aromatic heterocycles. The summed E-state index contributed by atoms with van der Waals surface area (Å²) in [6.45, 7) is 5.52. The second kappa shape index (κ2) is 5.87. The standard InChI is InChI=1S/C17H18FNO/c1-11-4-9-16(17(10-11)19-13(3)20)12(2)14-5-7-15(18)8-6-14/h4-10,12H,1-3H3,(H,19,20). The number of nitrogens with one attached hydrogen (secondary N) is 1. The lowest BCUT2D eigenvalue weighted by Gasteiger charge is -2.18. The van der Waals surface area contributed by atoms with Crippen molar-refractivity contribution >= 4 is 11.6 Å². The Morgan fingerprint density at radius 3 is 2.40 bits per heavy atom. The third-order valence-electron chi connectivity index (χ3n) is 3.36. The fourth-order valence-electron chi connectivity index (χ4n) is 2.28. The summed E-state index contributed by atoms with van der Waals surface area (Å²) in [5.74, 6) is -0.256. The van der Waals surface area contributed by atoms with Gasteiger partial charge in [-0.05, 0) is 41.8 Å². The van der Waals surface area contributed by atoms with E-state index < -0.39 is 0 Å². The molecule has 104 valence electrons. The van der Waals surface area contributed by atoms with Crippen LogP contribution in [0, 0.1) is 12.7 Å². The maximum Gasteiger partial charge on any atom is 0.221 e.